The molecule has 0 saturated heterocycles. The van der Waals surface area contributed by atoms with Gasteiger partial charge in [-0.2, -0.15) is 0 Å². The molecule has 0 aliphatic carbocycles. The number of carbonyl (C=O) groups is 1. The number of hydrogen-bond donors (Lipinski definition) is 3. The maximum atomic E-state index is 12.3. The van der Waals surface area contributed by atoms with Crippen LogP contribution in [-0.4, -0.2) is 30.8 Å². The van der Waals surface area contributed by atoms with Gasteiger partial charge in [-0.05, 0) is 15.9 Å². The molecule has 0 radical (unpaired) electrons. The smallest absolute Gasteiger partial charge is 0.346 e. The van der Waals surface area contributed by atoms with Crippen LogP contribution in [0.15, 0.2) is 33.4 Å². The number of anilines is 2. The van der Waals surface area contributed by atoms with Crippen LogP contribution in [0.2, 0.25) is 0 Å². The Morgan fingerprint density at radius 2 is 2.13 bits per heavy atom. The van der Waals surface area contributed by atoms with E-state index >= 15 is 0 Å². The summed E-state index contributed by atoms with van der Waals surface area (Å²) in [4.78, 5) is 41.9. The molecule has 3 heterocycles. The van der Waals surface area contributed by atoms with Gasteiger partial charge in [-0.3, -0.25) is 9.78 Å². The van der Waals surface area contributed by atoms with E-state index in [9.17, 15) is 9.59 Å². The van der Waals surface area contributed by atoms with E-state index in [0.717, 1.165) is 0 Å². The van der Waals surface area contributed by atoms with E-state index in [2.05, 4.69) is 46.2 Å². The summed E-state index contributed by atoms with van der Waals surface area (Å²) in [5.74, 6) is -0.486. The van der Waals surface area contributed by atoms with Gasteiger partial charge in [0.25, 0.3) is 5.91 Å². The number of rotatable bonds is 3. The number of carbonyl (C=O) groups excluding carboxylic acids is 1. The van der Waals surface area contributed by atoms with Crippen molar-refractivity contribution in [2.24, 2.45) is 0 Å². The number of aromatic nitrogens is 5. The second-order valence-corrected chi connectivity index (χ2v) is 5.90. The molecule has 0 spiro atoms. The van der Waals surface area contributed by atoms with Gasteiger partial charge in [0.2, 0.25) is 0 Å². The number of halogens is 1. The highest BCUT2D eigenvalue weighted by Gasteiger charge is 2.17. The van der Waals surface area contributed by atoms with Crippen molar-refractivity contribution in [3.8, 4) is 10.6 Å². The zero-order chi connectivity index (χ0) is 16.4. The summed E-state index contributed by atoms with van der Waals surface area (Å²) in [5.41, 5.74) is 5.47. The van der Waals surface area contributed by atoms with E-state index in [0.29, 0.717) is 15.2 Å². The van der Waals surface area contributed by atoms with Crippen molar-refractivity contribution in [1.29, 1.82) is 0 Å². The third-order valence-electron chi connectivity index (χ3n) is 2.70. The summed E-state index contributed by atoms with van der Waals surface area (Å²) >= 11 is 4.46. The number of hydrogen-bond acceptors (Lipinski definition) is 8. The highest BCUT2D eigenvalue weighted by atomic mass is 79.9. The van der Waals surface area contributed by atoms with Crippen molar-refractivity contribution in [3.05, 3.63) is 44.8 Å². The van der Waals surface area contributed by atoms with Gasteiger partial charge in [-0.25, -0.2) is 24.7 Å². The van der Waals surface area contributed by atoms with Gasteiger partial charge in [0.05, 0.1) is 11.8 Å². The first-order valence-corrected chi connectivity index (χ1v) is 7.80. The predicted octanol–water partition coefficient (Wildman–Crippen LogP) is 1.28. The minimum atomic E-state index is -0.615. The first-order valence-electron chi connectivity index (χ1n) is 6.13. The van der Waals surface area contributed by atoms with Crippen molar-refractivity contribution in [1.82, 2.24) is 24.9 Å². The fourth-order valence-electron chi connectivity index (χ4n) is 1.73. The van der Waals surface area contributed by atoms with Crippen LogP contribution in [0.4, 0.5) is 11.6 Å². The Balaban J connectivity index is 2.00. The molecular weight excluding hydrogens is 386 g/mol. The first kappa shape index (κ1) is 15.2. The Labute approximate surface area is 141 Å². The summed E-state index contributed by atoms with van der Waals surface area (Å²) in [5, 5.41) is 4.92. The largest absolute Gasteiger partial charge is 0.382 e. The molecule has 3 aromatic rings. The molecule has 0 aliphatic rings. The maximum absolute atomic E-state index is 12.3. The molecule has 23 heavy (non-hydrogen) atoms. The highest BCUT2D eigenvalue weighted by Crippen LogP contribution is 2.26. The van der Waals surface area contributed by atoms with Crippen LogP contribution in [0.25, 0.3) is 10.6 Å². The van der Waals surface area contributed by atoms with E-state index in [4.69, 9.17) is 5.73 Å². The van der Waals surface area contributed by atoms with Gasteiger partial charge in [0.1, 0.15) is 15.4 Å². The Kier molecular flexibility index (Phi) is 4.12. The highest BCUT2D eigenvalue weighted by molar-refractivity contribution is 9.10. The number of nitrogen functional groups attached to an aromatic ring is 1. The lowest BCUT2D eigenvalue weighted by atomic mass is 10.3. The molecule has 1 amide bonds. The Bertz CT molecular complexity index is 925. The quantitative estimate of drug-likeness (QED) is 0.608. The number of nitrogens with zero attached hydrogens (tertiary/aromatic N) is 4. The zero-order valence-electron chi connectivity index (χ0n) is 11.3. The Morgan fingerprint density at radius 3 is 2.87 bits per heavy atom. The van der Waals surface area contributed by atoms with Crippen molar-refractivity contribution in [3.63, 3.8) is 0 Å². The minimum Gasteiger partial charge on any atom is -0.382 e. The van der Waals surface area contributed by atoms with Crippen molar-refractivity contribution in [2.45, 2.75) is 0 Å². The average molecular weight is 394 g/mol. The maximum Gasteiger partial charge on any atom is 0.346 e. The molecule has 4 N–H and O–H groups in total. The molecule has 0 unspecified atom stereocenters. The lowest BCUT2D eigenvalue weighted by Crippen LogP contribution is -2.21. The molecule has 0 aromatic carbocycles. The van der Waals surface area contributed by atoms with E-state index in [1.807, 2.05) is 0 Å². The average Bonchev–Trinajstić information content (AvgIpc) is 3.04. The first-order chi connectivity index (χ1) is 11.0. The standard InChI is InChI=1S/C12H8BrN7O2S/c13-6-4-16-8(14)7(18-6)10(21)19-9-5(3-17-12(22)20-9)11-15-1-2-23-11/h1-4H,(H2,14,16)(H2,17,19,20,21,22). The molecule has 116 valence electrons. The second kappa shape index (κ2) is 6.22. The lowest BCUT2D eigenvalue weighted by Gasteiger charge is -2.09. The third kappa shape index (κ3) is 3.24. The molecule has 0 bridgehead atoms. The molecule has 0 atom stereocenters. The fraction of sp³-hybridized carbons (Fsp3) is 0. The third-order valence-corrected chi connectivity index (χ3v) is 3.89. The zero-order valence-corrected chi connectivity index (χ0v) is 13.7. The van der Waals surface area contributed by atoms with Crippen LogP contribution < -0.4 is 16.7 Å². The minimum absolute atomic E-state index is 0.0297. The monoisotopic (exact) mass is 393 g/mol. The summed E-state index contributed by atoms with van der Waals surface area (Å²) in [6.07, 6.45) is 4.32. The van der Waals surface area contributed by atoms with Crippen LogP contribution >= 0.6 is 27.3 Å². The SMILES string of the molecule is Nc1ncc(Br)nc1C(=O)Nc1[nH]c(=O)ncc1-c1nccs1. The Hall–Kier alpha value is -2.66. The fourth-order valence-corrected chi connectivity index (χ4v) is 2.66. The van der Waals surface area contributed by atoms with Crippen LogP contribution in [0.3, 0.4) is 0 Å². The van der Waals surface area contributed by atoms with E-state index in [-0.39, 0.29) is 17.3 Å². The Morgan fingerprint density at radius 1 is 1.30 bits per heavy atom. The van der Waals surface area contributed by atoms with E-state index in [1.54, 1.807) is 11.6 Å². The normalized spacial score (nSPS) is 10.5. The number of nitrogens with two attached hydrogens (primary N) is 1. The molecule has 11 heteroatoms. The van der Waals surface area contributed by atoms with Gasteiger partial charge in [0, 0.05) is 17.8 Å². The second-order valence-electron chi connectivity index (χ2n) is 4.19. The summed E-state index contributed by atoms with van der Waals surface area (Å²) in [6, 6.07) is 0. The number of aromatic amines is 1. The molecule has 3 rings (SSSR count). The summed E-state index contributed by atoms with van der Waals surface area (Å²) in [7, 11) is 0. The molecule has 0 fully saturated rings. The molecular formula is C12H8BrN7O2S. The molecule has 0 aliphatic heterocycles. The van der Waals surface area contributed by atoms with Crippen molar-refractivity contribution in [2.75, 3.05) is 11.1 Å². The van der Waals surface area contributed by atoms with Crippen LogP contribution in [0.1, 0.15) is 10.5 Å². The predicted molar refractivity (Wildman–Crippen MR) is 88.1 cm³/mol. The van der Waals surface area contributed by atoms with Gasteiger partial charge < -0.3 is 11.1 Å². The molecule has 3 aromatic heterocycles. The van der Waals surface area contributed by atoms with Crippen molar-refractivity contribution >= 4 is 44.8 Å². The van der Waals surface area contributed by atoms with E-state index in [1.165, 1.54) is 23.7 Å². The van der Waals surface area contributed by atoms with Crippen LogP contribution in [0, 0.1) is 0 Å². The summed E-state index contributed by atoms with van der Waals surface area (Å²) in [6.45, 7) is 0. The summed E-state index contributed by atoms with van der Waals surface area (Å²) < 4.78 is 0.361. The topological polar surface area (TPSA) is 140 Å². The van der Waals surface area contributed by atoms with E-state index < -0.39 is 11.6 Å². The van der Waals surface area contributed by atoms with Crippen molar-refractivity contribution < 1.29 is 4.79 Å². The van der Waals surface area contributed by atoms with Crippen LogP contribution in [0.5, 0.6) is 0 Å². The molecule has 0 saturated carbocycles. The number of thiazole rings is 1. The number of amides is 1. The van der Waals surface area contributed by atoms with Gasteiger partial charge in [0.15, 0.2) is 11.5 Å². The number of H-pyrrole nitrogens is 1. The van der Waals surface area contributed by atoms with Gasteiger partial charge >= 0.3 is 5.69 Å². The van der Waals surface area contributed by atoms with Gasteiger partial charge in [-0.1, -0.05) is 0 Å². The number of nitrogens with one attached hydrogen (secondary N) is 2. The lowest BCUT2D eigenvalue weighted by molar-refractivity contribution is 0.102. The molecule has 9 nitrogen and oxygen atoms in total. The van der Waals surface area contributed by atoms with Crippen LogP contribution in [-0.2, 0) is 0 Å². The van der Waals surface area contributed by atoms with Gasteiger partial charge in [-0.15, -0.1) is 11.3 Å².